The Hall–Kier alpha value is -1.05. The molecule has 0 aromatic rings. The van der Waals surface area contributed by atoms with Gasteiger partial charge < -0.3 is 4.74 Å². The molecule has 1 heterocycles. The molecule has 2 nitrogen and oxygen atoms in total. The van der Waals surface area contributed by atoms with Gasteiger partial charge in [0.1, 0.15) is 6.10 Å². The molecule has 0 amide bonds. The van der Waals surface area contributed by atoms with E-state index in [-0.39, 0.29) is 12.1 Å². The van der Waals surface area contributed by atoms with Crippen LogP contribution in [0.5, 0.6) is 0 Å². The van der Waals surface area contributed by atoms with E-state index in [2.05, 4.69) is 25.2 Å². The van der Waals surface area contributed by atoms with Gasteiger partial charge in [0.05, 0.1) is 0 Å². The zero-order chi connectivity index (χ0) is 10.2. The summed E-state index contributed by atoms with van der Waals surface area (Å²) in [5, 5.41) is 0. The van der Waals surface area contributed by atoms with E-state index < -0.39 is 0 Å². The lowest BCUT2D eigenvalue weighted by Crippen LogP contribution is -2.01. The lowest BCUT2D eigenvalue weighted by Gasteiger charge is -2.00. The molecule has 0 aromatic carbocycles. The predicted molar refractivity (Wildman–Crippen MR) is 56.9 cm³/mol. The van der Waals surface area contributed by atoms with Gasteiger partial charge >= 0.3 is 5.97 Å². The molecule has 14 heavy (non-hydrogen) atoms. The van der Waals surface area contributed by atoms with Gasteiger partial charge in [0, 0.05) is 6.42 Å². The van der Waals surface area contributed by atoms with Crippen LogP contribution in [0, 0.1) is 0 Å². The van der Waals surface area contributed by atoms with E-state index >= 15 is 0 Å². The minimum atomic E-state index is -0.0643. The molecule has 1 saturated heterocycles. The highest BCUT2D eigenvalue weighted by atomic mass is 16.5. The summed E-state index contributed by atoms with van der Waals surface area (Å²) < 4.78 is 5.05. The normalized spacial score (nSPS) is 22.4. The van der Waals surface area contributed by atoms with Crippen molar-refractivity contribution < 1.29 is 9.53 Å². The molecule has 1 unspecified atom stereocenters. The highest BCUT2D eigenvalue weighted by Crippen LogP contribution is 2.14. The summed E-state index contributed by atoms with van der Waals surface area (Å²) in [6, 6.07) is 0. The summed E-state index contributed by atoms with van der Waals surface area (Å²) in [5.41, 5.74) is 0. The molecule has 1 fully saturated rings. The molecule has 2 heteroatoms. The molecule has 1 aliphatic heterocycles. The summed E-state index contributed by atoms with van der Waals surface area (Å²) in [5.74, 6) is -0.0643. The molecule has 78 valence electrons. The van der Waals surface area contributed by atoms with Gasteiger partial charge in [-0.05, 0) is 31.8 Å². The van der Waals surface area contributed by atoms with E-state index in [0.29, 0.717) is 6.42 Å². The minimum Gasteiger partial charge on any atom is -0.458 e. The second kappa shape index (κ2) is 6.41. The fraction of sp³-hybridized carbons (Fsp3) is 0.583. The summed E-state index contributed by atoms with van der Waals surface area (Å²) >= 11 is 0. The first-order valence-corrected chi connectivity index (χ1v) is 5.34. The Bertz CT molecular complexity index is 228. The Balaban J connectivity index is 2.08. The van der Waals surface area contributed by atoms with Gasteiger partial charge in [0.15, 0.2) is 0 Å². The Labute approximate surface area is 85.6 Å². The second-order valence-electron chi connectivity index (χ2n) is 3.45. The monoisotopic (exact) mass is 194 g/mol. The molecule has 0 N–H and O–H groups in total. The van der Waals surface area contributed by atoms with Crippen molar-refractivity contribution in [3.8, 4) is 0 Å². The van der Waals surface area contributed by atoms with Gasteiger partial charge in [0.2, 0.25) is 0 Å². The third-order valence-corrected chi connectivity index (χ3v) is 2.17. The SMILES string of the molecule is CC/C=C/CC/C=C/C1CCC(=O)O1. The Kier molecular flexibility index (Phi) is 5.05. The molecule has 0 aliphatic carbocycles. The van der Waals surface area contributed by atoms with E-state index in [0.717, 1.165) is 25.7 Å². The summed E-state index contributed by atoms with van der Waals surface area (Å²) in [6.45, 7) is 2.13. The minimum absolute atomic E-state index is 0.0395. The molecule has 1 rings (SSSR count). The van der Waals surface area contributed by atoms with Crippen LogP contribution in [0.4, 0.5) is 0 Å². The number of unbranched alkanes of at least 4 members (excludes halogenated alkanes) is 1. The van der Waals surface area contributed by atoms with Gasteiger partial charge in [0.25, 0.3) is 0 Å². The predicted octanol–water partition coefficient (Wildman–Crippen LogP) is 2.99. The maximum Gasteiger partial charge on any atom is 0.306 e. The molecule has 0 radical (unpaired) electrons. The maximum atomic E-state index is 10.8. The first-order chi connectivity index (χ1) is 6.83. The molecular formula is C12H18O2. The Morgan fingerprint density at radius 3 is 2.79 bits per heavy atom. The molecule has 0 spiro atoms. The first-order valence-electron chi connectivity index (χ1n) is 5.34. The fourth-order valence-corrected chi connectivity index (χ4v) is 1.41. The average molecular weight is 194 g/mol. The average Bonchev–Trinajstić information content (AvgIpc) is 2.58. The van der Waals surface area contributed by atoms with E-state index in [1.165, 1.54) is 0 Å². The molecule has 1 aliphatic rings. The van der Waals surface area contributed by atoms with Crippen LogP contribution in [0.25, 0.3) is 0 Å². The van der Waals surface area contributed by atoms with Crippen LogP contribution in [-0.4, -0.2) is 12.1 Å². The molecule has 1 atom stereocenters. The second-order valence-corrected chi connectivity index (χ2v) is 3.45. The van der Waals surface area contributed by atoms with Crippen LogP contribution < -0.4 is 0 Å². The van der Waals surface area contributed by atoms with E-state index in [4.69, 9.17) is 4.74 Å². The van der Waals surface area contributed by atoms with E-state index in [9.17, 15) is 4.79 Å². The van der Waals surface area contributed by atoms with Crippen LogP contribution in [0.1, 0.15) is 39.0 Å². The number of allylic oxidation sites excluding steroid dienone is 3. The van der Waals surface area contributed by atoms with Crippen LogP contribution in [-0.2, 0) is 9.53 Å². The van der Waals surface area contributed by atoms with Crippen LogP contribution >= 0.6 is 0 Å². The van der Waals surface area contributed by atoms with Gasteiger partial charge in [-0.2, -0.15) is 0 Å². The van der Waals surface area contributed by atoms with Gasteiger partial charge in [-0.25, -0.2) is 0 Å². The van der Waals surface area contributed by atoms with Crippen LogP contribution in [0.15, 0.2) is 24.3 Å². The number of carbonyl (C=O) groups excluding carboxylic acids is 1. The van der Waals surface area contributed by atoms with Crippen molar-refractivity contribution in [3.05, 3.63) is 24.3 Å². The molecule has 0 bridgehead atoms. The van der Waals surface area contributed by atoms with Crippen molar-refractivity contribution in [1.29, 1.82) is 0 Å². The molecule has 0 saturated carbocycles. The van der Waals surface area contributed by atoms with Crippen molar-refractivity contribution in [1.82, 2.24) is 0 Å². The van der Waals surface area contributed by atoms with Crippen LogP contribution in [0.3, 0.4) is 0 Å². The zero-order valence-electron chi connectivity index (χ0n) is 8.74. The maximum absolute atomic E-state index is 10.8. The number of cyclic esters (lactones) is 1. The number of esters is 1. The smallest absolute Gasteiger partial charge is 0.306 e. The standard InChI is InChI=1S/C12H18O2/c1-2-3-4-5-6-7-8-11-9-10-12(13)14-11/h3-4,7-8,11H,2,5-6,9-10H2,1H3/b4-3+,8-7+. The van der Waals surface area contributed by atoms with Crippen LogP contribution in [0.2, 0.25) is 0 Å². The zero-order valence-corrected chi connectivity index (χ0v) is 8.74. The third kappa shape index (κ3) is 4.26. The molecular weight excluding hydrogens is 176 g/mol. The topological polar surface area (TPSA) is 26.3 Å². The Morgan fingerprint density at radius 2 is 2.14 bits per heavy atom. The van der Waals surface area contributed by atoms with Crippen molar-refractivity contribution >= 4 is 5.97 Å². The largest absolute Gasteiger partial charge is 0.458 e. The van der Waals surface area contributed by atoms with Gasteiger partial charge in [-0.3, -0.25) is 4.79 Å². The van der Waals surface area contributed by atoms with Gasteiger partial charge in [-0.1, -0.05) is 25.2 Å². The Morgan fingerprint density at radius 1 is 1.36 bits per heavy atom. The fourth-order valence-electron chi connectivity index (χ4n) is 1.41. The number of ether oxygens (including phenoxy) is 1. The highest BCUT2D eigenvalue weighted by Gasteiger charge is 2.19. The number of rotatable bonds is 5. The lowest BCUT2D eigenvalue weighted by molar-refractivity contribution is -0.139. The van der Waals surface area contributed by atoms with Crippen molar-refractivity contribution in [2.24, 2.45) is 0 Å². The van der Waals surface area contributed by atoms with Crippen molar-refractivity contribution in [3.63, 3.8) is 0 Å². The van der Waals surface area contributed by atoms with Gasteiger partial charge in [-0.15, -0.1) is 0 Å². The lowest BCUT2D eigenvalue weighted by atomic mass is 10.2. The number of hydrogen-bond acceptors (Lipinski definition) is 2. The van der Waals surface area contributed by atoms with Crippen molar-refractivity contribution in [2.75, 3.05) is 0 Å². The summed E-state index contributed by atoms with van der Waals surface area (Å²) in [4.78, 5) is 10.8. The van der Waals surface area contributed by atoms with E-state index in [1.807, 2.05) is 6.08 Å². The number of hydrogen-bond donors (Lipinski definition) is 0. The highest BCUT2D eigenvalue weighted by molar-refractivity contribution is 5.71. The van der Waals surface area contributed by atoms with Crippen molar-refractivity contribution in [2.45, 2.75) is 45.1 Å². The first kappa shape index (κ1) is 11.0. The summed E-state index contributed by atoms with van der Waals surface area (Å²) in [6.07, 6.45) is 13.1. The van der Waals surface area contributed by atoms with E-state index in [1.54, 1.807) is 0 Å². The third-order valence-electron chi connectivity index (χ3n) is 2.17. The molecule has 0 aromatic heterocycles. The quantitative estimate of drug-likeness (QED) is 0.382. The summed E-state index contributed by atoms with van der Waals surface area (Å²) in [7, 11) is 0. The number of carbonyl (C=O) groups is 1.